The highest BCUT2D eigenvalue weighted by Gasteiger charge is 2.14. The van der Waals surface area contributed by atoms with E-state index in [0.717, 1.165) is 11.8 Å². The summed E-state index contributed by atoms with van der Waals surface area (Å²) < 4.78 is 20.3. The molecule has 0 aliphatic rings. The number of esters is 1. The number of amides is 1. The fourth-order valence-corrected chi connectivity index (χ4v) is 2.33. The molecule has 10 heteroatoms. The maximum absolute atomic E-state index is 11.6. The molecule has 1 aromatic carbocycles. The molecule has 0 aliphatic heterocycles. The molecule has 9 nitrogen and oxygen atoms in total. The maximum Gasteiger partial charge on any atom is 0.325 e. The number of hydrogen-bond acceptors (Lipinski definition) is 9. The molecule has 1 aromatic heterocycles. The molecule has 0 aliphatic carbocycles. The van der Waals surface area contributed by atoms with Crippen LogP contribution in [0, 0.1) is 0 Å². The van der Waals surface area contributed by atoms with E-state index in [2.05, 4.69) is 20.3 Å². The topological polar surface area (TPSA) is 113 Å². The number of carbonyl (C=O) groups excluding carboxylic acids is 2. The summed E-state index contributed by atoms with van der Waals surface area (Å²) in [5.74, 6) is 0.603. The zero-order chi connectivity index (χ0) is 18.2. The number of methoxy groups -OCH3 is 3. The van der Waals surface area contributed by atoms with Crippen LogP contribution in [0.3, 0.4) is 0 Å². The van der Waals surface area contributed by atoms with Crippen molar-refractivity contribution in [2.75, 3.05) is 33.6 Å². The van der Waals surface area contributed by atoms with Crippen molar-refractivity contribution < 1.29 is 28.2 Å². The van der Waals surface area contributed by atoms with Crippen LogP contribution in [-0.4, -0.2) is 55.7 Å². The largest absolute Gasteiger partial charge is 0.497 e. The van der Waals surface area contributed by atoms with Crippen LogP contribution >= 0.6 is 11.8 Å². The summed E-state index contributed by atoms with van der Waals surface area (Å²) in [6, 6.07) is 5.18. The van der Waals surface area contributed by atoms with Crippen LogP contribution in [0.25, 0.3) is 11.5 Å². The van der Waals surface area contributed by atoms with Gasteiger partial charge < -0.3 is 23.9 Å². The molecular formula is C15H17N3O6S. The van der Waals surface area contributed by atoms with Gasteiger partial charge in [-0.3, -0.25) is 9.59 Å². The smallest absolute Gasteiger partial charge is 0.325 e. The van der Waals surface area contributed by atoms with Gasteiger partial charge in [-0.2, -0.15) is 0 Å². The van der Waals surface area contributed by atoms with Crippen molar-refractivity contribution in [2.45, 2.75) is 5.22 Å². The Morgan fingerprint density at radius 1 is 1.12 bits per heavy atom. The highest BCUT2D eigenvalue weighted by molar-refractivity contribution is 7.99. The standard InChI is InChI=1S/C15H17N3O6S/c1-21-10-4-9(5-11(6-10)22-2)14-17-18-15(24-14)25-8-12(19)16-7-13(20)23-3/h4-6H,7-8H2,1-3H3,(H,16,19). The molecular weight excluding hydrogens is 350 g/mol. The highest BCUT2D eigenvalue weighted by Crippen LogP contribution is 2.30. The molecule has 2 aromatic rings. The Hall–Kier alpha value is -2.75. The van der Waals surface area contributed by atoms with Gasteiger partial charge >= 0.3 is 5.97 Å². The lowest BCUT2D eigenvalue weighted by molar-refractivity contribution is -0.140. The van der Waals surface area contributed by atoms with Gasteiger partial charge in [-0.05, 0) is 12.1 Å². The van der Waals surface area contributed by atoms with E-state index in [1.165, 1.54) is 7.11 Å². The Morgan fingerprint density at radius 3 is 2.40 bits per heavy atom. The van der Waals surface area contributed by atoms with Gasteiger partial charge in [0, 0.05) is 11.6 Å². The first kappa shape index (κ1) is 18.6. The van der Waals surface area contributed by atoms with Gasteiger partial charge in [0.05, 0.1) is 27.1 Å². The molecule has 1 N–H and O–H groups in total. The second-order valence-electron chi connectivity index (χ2n) is 4.62. The quantitative estimate of drug-likeness (QED) is 0.542. The van der Waals surface area contributed by atoms with Crippen LogP contribution in [0.4, 0.5) is 0 Å². The lowest BCUT2D eigenvalue weighted by Gasteiger charge is -2.05. The highest BCUT2D eigenvalue weighted by atomic mass is 32.2. The van der Waals surface area contributed by atoms with Crippen molar-refractivity contribution in [3.8, 4) is 23.0 Å². The van der Waals surface area contributed by atoms with Crippen LogP contribution in [-0.2, 0) is 14.3 Å². The number of aromatic nitrogens is 2. The van der Waals surface area contributed by atoms with Crippen molar-refractivity contribution in [1.29, 1.82) is 0 Å². The van der Waals surface area contributed by atoms with Crippen molar-refractivity contribution in [3.63, 3.8) is 0 Å². The predicted octanol–water partition coefficient (Wildman–Crippen LogP) is 1.14. The molecule has 0 bridgehead atoms. The maximum atomic E-state index is 11.6. The molecule has 0 saturated carbocycles. The van der Waals surface area contributed by atoms with E-state index < -0.39 is 5.97 Å². The molecule has 134 valence electrons. The van der Waals surface area contributed by atoms with Crippen LogP contribution in [0.1, 0.15) is 0 Å². The summed E-state index contributed by atoms with van der Waals surface area (Å²) in [6.45, 7) is -0.186. The second-order valence-corrected chi connectivity index (χ2v) is 5.54. The molecule has 1 heterocycles. The SMILES string of the molecule is COC(=O)CNC(=O)CSc1nnc(-c2cc(OC)cc(OC)c2)o1. The van der Waals surface area contributed by atoms with E-state index in [-0.39, 0.29) is 29.3 Å². The van der Waals surface area contributed by atoms with Gasteiger partial charge in [-0.1, -0.05) is 11.8 Å². The van der Waals surface area contributed by atoms with E-state index in [0.29, 0.717) is 17.1 Å². The second kappa shape index (κ2) is 8.92. The van der Waals surface area contributed by atoms with E-state index in [4.69, 9.17) is 13.9 Å². The molecule has 0 fully saturated rings. The van der Waals surface area contributed by atoms with E-state index in [1.54, 1.807) is 32.4 Å². The van der Waals surface area contributed by atoms with Gasteiger partial charge in [-0.25, -0.2) is 0 Å². The van der Waals surface area contributed by atoms with Gasteiger partial charge in [0.2, 0.25) is 11.8 Å². The van der Waals surface area contributed by atoms with E-state index in [1.807, 2.05) is 0 Å². The first-order valence-electron chi connectivity index (χ1n) is 7.09. The zero-order valence-corrected chi connectivity index (χ0v) is 14.7. The van der Waals surface area contributed by atoms with Crippen LogP contribution < -0.4 is 14.8 Å². The fraction of sp³-hybridized carbons (Fsp3) is 0.333. The minimum atomic E-state index is -0.523. The average Bonchev–Trinajstić information content (AvgIpc) is 3.12. The third-order valence-electron chi connectivity index (χ3n) is 2.99. The number of rotatable bonds is 8. The third-order valence-corrected chi connectivity index (χ3v) is 3.81. The molecule has 0 spiro atoms. The zero-order valence-electron chi connectivity index (χ0n) is 13.9. The number of benzene rings is 1. The monoisotopic (exact) mass is 367 g/mol. The van der Waals surface area contributed by atoms with Gasteiger partial charge in [0.15, 0.2) is 0 Å². The summed E-state index contributed by atoms with van der Waals surface area (Å²) >= 11 is 1.06. The molecule has 0 radical (unpaired) electrons. The molecule has 0 unspecified atom stereocenters. The Morgan fingerprint density at radius 2 is 1.80 bits per heavy atom. The third kappa shape index (κ3) is 5.38. The molecule has 0 saturated heterocycles. The predicted molar refractivity (Wildman–Crippen MR) is 88.6 cm³/mol. The Kier molecular flexibility index (Phi) is 6.63. The summed E-state index contributed by atoms with van der Waals surface area (Å²) in [6.07, 6.45) is 0. The Labute approximate surface area is 148 Å². The fourth-order valence-electron chi connectivity index (χ4n) is 1.74. The summed E-state index contributed by atoms with van der Waals surface area (Å²) in [4.78, 5) is 22.6. The molecule has 0 atom stereocenters. The van der Waals surface area contributed by atoms with Crippen molar-refractivity contribution in [2.24, 2.45) is 0 Å². The Bertz CT molecular complexity index is 726. The number of thioether (sulfide) groups is 1. The van der Waals surface area contributed by atoms with Gasteiger partial charge in [0.25, 0.3) is 5.22 Å². The summed E-state index contributed by atoms with van der Waals surface area (Å²) in [5.41, 5.74) is 0.630. The molecule has 25 heavy (non-hydrogen) atoms. The van der Waals surface area contributed by atoms with E-state index >= 15 is 0 Å². The molecule has 1 amide bonds. The Balaban J connectivity index is 1.98. The lowest BCUT2D eigenvalue weighted by atomic mass is 10.2. The van der Waals surface area contributed by atoms with Crippen LogP contribution in [0.15, 0.2) is 27.8 Å². The summed E-state index contributed by atoms with van der Waals surface area (Å²) in [7, 11) is 4.33. The van der Waals surface area contributed by atoms with Crippen molar-refractivity contribution >= 4 is 23.6 Å². The number of nitrogens with zero attached hydrogens (tertiary/aromatic N) is 2. The average molecular weight is 367 g/mol. The van der Waals surface area contributed by atoms with Gasteiger partial charge in [0.1, 0.15) is 18.0 Å². The number of ether oxygens (including phenoxy) is 3. The van der Waals surface area contributed by atoms with Gasteiger partial charge in [-0.15, -0.1) is 10.2 Å². The molecule has 2 rings (SSSR count). The number of carbonyl (C=O) groups is 2. The first-order chi connectivity index (χ1) is 12.0. The lowest BCUT2D eigenvalue weighted by Crippen LogP contribution is -2.31. The minimum absolute atomic E-state index is 0.0278. The van der Waals surface area contributed by atoms with Crippen LogP contribution in [0.5, 0.6) is 11.5 Å². The normalized spacial score (nSPS) is 10.2. The first-order valence-corrected chi connectivity index (χ1v) is 8.07. The van der Waals surface area contributed by atoms with Crippen LogP contribution in [0.2, 0.25) is 0 Å². The minimum Gasteiger partial charge on any atom is -0.497 e. The number of hydrogen-bond donors (Lipinski definition) is 1. The van der Waals surface area contributed by atoms with Crippen molar-refractivity contribution in [3.05, 3.63) is 18.2 Å². The van der Waals surface area contributed by atoms with Crippen molar-refractivity contribution in [1.82, 2.24) is 15.5 Å². The van der Waals surface area contributed by atoms with E-state index in [9.17, 15) is 9.59 Å². The number of nitrogens with one attached hydrogen (secondary N) is 1. The summed E-state index contributed by atoms with van der Waals surface area (Å²) in [5, 5.41) is 10.5.